The number of nitrogens with zero attached hydrogens (tertiary/aromatic N) is 3. The number of likely N-dealkylation sites (tertiary alicyclic amines) is 1. The van der Waals surface area contributed by atoms with E-state index in [0.717, 1.165) is 45.4 Å². The molecule has 164 valence electrons. The van der Waals surface area contributed by atoms with Crippen LogP contribution < -0.4 is 0 Å². The van der Waals surface area contributed by atoms with Gasteiger partial charge in [0.2, 0.25) is 5.91 Å². The minimum atomic E-state index is -0.772. The molecular formula is C22H36ClN3O3. The average Bonchev–Trinajstić information content (AvgIpc) is 2.68. The standard InChI is InChI=1S/C22H35N3O3.ClH/c1-4-12-25(15-19-8-6-18(3)7-9-19)21(26)16-23-13-10-20(11-14-23)24(5-2)17-22(27)28;/h6-9,20H,4-5,10-17H2,1-3H3,(H,27,28);1H. The molecule has 0 saturated carbocycles. The van der Waals surface area contributed by atoms with Crippen LogP contribution in [0.25, 0.3) is 0 Å². The van der Waals surface area contributed by atoms with Crippen molar-refractivity contribution in [3.05, 3.63) is 35.4 Å². The van der Waals surface area contributed by atoms with Gasteiger partial charge in [-0.25, -0.2) is 0 Å². The van der Waals surface area contributed by atoms with Gasteiger partial charge in [-0.1, -0.05) is 43.7 Å². The predicted octanol–water partition coefficient (Wildman–Crippen LogP) is 3.03. The van der Waals surface area contributed by atoms with Crippen LogP contribution in [-0.2, 0) is 16.1 Å². The molecule has 1 aromatic carbocycles. The second kappa shape index (κ2) is 12.8. The van der Waals surface area contributed by atoms with Gasteiger partial charge in [0.15, 0.2) is 0 Å². The Labute approximate surface area is 181 Å². The first-order valence-corrected chi connectivity index (χ1v) is 10.4. The van der Waals surface area contributed by atoms with Crippen molar-refractivity contribution in [3.8, 4) is 0 Å². The van der Waals surface area contributed by atoms with Crippen molar-refractivity contribution in [2.24, 2.45) is 0 Å². The number of hydrogen-bond donors (Lipinski definition) is 1. The molecule has 0 unspecified atom stereocenters. The van der Waals surface area contributed by atoms with Crippen LogP contribution in [0, 0.1) is 6.92 Å². The monoisotopic (exact) mass is 425 g/mol. The Bertz CT molecular complexity index is 631. The number of carboxylic acid groups (broad SMARTS) is 1. The summed E-state index contributed by atoms with van der Waals surface area (Å²) in [5, 5.41) is 9.06. The summed E-state index contributed by atoms with van der Waals surface area (Å²) in [7, 11) is 0. The van der Waals surface area contributed by atoms with Crippen LogP contribution in [0.15, 0.2) is 24.3 Å². The Balaban J connectivity index is 0.00000420. The van der Waals surface area contributed by atoms with Gasteiger partial charge in [0.1, 0.15) is 0 Å². The molecule has 1 heterocycles. The van der Waals surface area contributed by atoms with Gasteiger partial charge >= 0.3 is 5.97 Å². The second-order valence-corrected chi connectivity index (χ2v) is 7.77. The first-order valence-electron chi connectivity index (χ1n) is 10.4. The summed E-state index contributed by atoms with van der Waals surface area (Å²) < 4.78 is 0. The lowest BCUT2D eigenvalue weighted by atomic mass is 10.0. The molecule has 1 aromatic rings. The summed E-state index contributed by atoms with van der Waals surface area (Å²) in [6.07, 6.45) is 2.78. The van der Waals surface area contributed by atoms with Crippen molar-refractivity contribution in [2.45, 2.75) is 52.6 Å². The van der Waals surface area contributed by atoms with Crippen molar-refractivity contribution in [3.63, 3.8) is 0 Å². The molecule has 29 heavy (non-hydrogen) atoms. The lowest BCUT2D eigenvalue weighted by molar-refractivity contribution is -0.139. The fraction of sp³-hybridized carbons (Fsp3) is 0.636. The number of likely N-dealkylation sites (N-methyl/N-ethyl adjacent to an activating group) is 1. The summed E-state index contributed by atoms with van der Waals surface area (Å²) in [6.45, 7) is 10.6. The van der Waals surface area contributed by atoms with Gasteiger partial charge in [0.05, 0.1) is 13.1 Å². The number of halogens is 1. The zero-order chi connectivity index (χ0) is 20.5. The van der Waals surface area contributed by atoms with Gasteiger partial charge in [-0.05, 0) is 38.3 Å². The zero-order valence-corrected chi connectivity index (χ0v) is 18.8. The van der Waals surface area contributed by atoms with Gasteiger partial charge in [0, 0.05) is 32.2 Å². The first-order chi connectivity index (χ1) is 13.4. The van der Waals surface area contributed by atoms with Crippen molar-refractivity contribution < 1.29 is 14.7 Å². The highest BCUT2D eigenvalue weighted by atomic mass is 35.5. The van der Waals surface area contributed by atoms with Gasteiger partial charge in [-0.2, -0.15) is 0 Å². The van der Waals surface area contributed by atoms with Crippen LogP contribution >= 0.6 is 12.4 Å². The van der Waals surface area contributed by atoms with E-state index in [2.05, 4.69) is 43.0 Å². The highest BCUT2D eigenvalue weighted by molar-refractivity contribution is 5.85. The minimum absolute atomic E-state index is 0. The Kier molecular flexibility index (Phi) is 11.2. The smallest absolute Gasteiger partial charge is 0.317 e. The number of benzene rings is 1. The Morgan fingerprint density at radius 3 is 2.28 bits per heavy atom. The maximum Gasteiger partial charge on any atom is 0.317 e. The number of aliphatic carboxylic acids is 1. The molecule has 1 aliphatic rings. The number of piperidine rings is 1. The van der Waals surface area contributed by atoms with Crippen molar-refractivity contribution in [1.82, 2.24) is 14.7 Å². The molecule has 7 heteroatoms. The molecule has 0 spiro atoms. The van der Waals surface area contributed by atoms with Crippen molar-refractivity contribution in [1.29, 1.82) is 0 Å². The quantitative estimate of drug-likeness (QED) is 0.624. The van der Waals surface area contributed by atoms with Crippen LogP contribution in [0.3, 0.4) is 0 Å². The summed E-state index contributed by atoms with van der Waals surface area (Å²) in [5.74, 6) is -0.593. The van der Waals surface area contributed by atoms with E-state index in [1.54, 1.807) is 0 Å². The zero-order valence-electron chi connectivity index (χ0n) is 18.0. The number of carbonyl (C=O) groups excluding carboxylic acids is 1. The maximum absolute atomic E-state index is 12.9. The summed E-state index contributed by atoms with van der Waals surface area (Å²) in [6, 6.07) is 8.67. The van der Waals surface area contributed by atoms with E-state index in [-0.39, 0.29) is 24.9 Å². The molecule has 1 amide bonds. The molecule has 0 aliphatic carbocycles. The molecule has 1 fully saturated rings. The molecule has 1 N–H and O–H groups in total. The average molecular weight is 426 g/mol. The highest BCUT2D eigenvalue weighted by Gasteiger charge is 2.26. The molecule has 1 saturated heterocycles. The fourth-order valence-electron chi connectivity index (χ4n) is 3.88. The third-order valence-electron chi connectivity index (χ3n) is 5.52. The normalized spacial score (nSPS) is 15.2. The Morgan fingerprint density at radius 2 is 1.76 bits per heavy atom. The van der Waals surface area contributed by atoms with Crippen LogP contribution in [-0.4, -0.2) is 77.0 Å². The van der Waals surface area contributed by atoms with Crippen LogP contribution in [0.2, 0.25) is 0 Å². The van der Waals surface area contributed by atoms with E-state index in [1.807, 2.05) is 16.7 Å². The van der Waals surface area contributed by atoms with E-state index >= 15 is 0 Å². The largest absolute Gasteiger partial charge is 0.480 e. The third-order valence-corrected chi connectivity index (χ3v) is 5.52. The predicted molar refractivity (Wildman–Crippen MR) is 118 cm³/mol. The molecular weight excluding hydrogens is 390 g/mol. The van der Waals surface area contributed by atoms with E-state index in [0.29, 0.717) is 19.1 Å². The van der Waals surface area contributed by atoms with Gasteiger partial charge in [0.25, 0.3) is 0 Å². The van der Waals surface area contributed by atoms with Crippen LogP contribution in [0.4, 0.5) is 0 Å². The molecule has 0 radical (unpaired) electrons. The Morgan fingerprint density at radius 1 is 1.14 bits per heavy atom. The lowest BCUT2D eigenvalue weighted by Gasteiger charge is -2.37. The lowest BCUT2D eigenvalue weighted by Crippen LogP contribution is -2.49. The van der Waals surface area contributed by atoms with E-state index in [1.165, 1.54) is 11.1 Å². The van der Waals surface area contributed by atoms with E-state index in [9.17, 15) is 9.59 Å². The number of carboxylic acids is 1. The van der Waals surface area contributed by atoms with Gasteiger partial charge in [-0.15, -0.1) is 12.4 Å². The highest BCUT2D eigenvalue weighted by Crippen LogP contribution is 2.17. The van der Waals surface area contributed by atoms with Crippen molar-refractivity contribution >= 4 is 24.3 Å². The summed E-state index contributed by atoms with van der Waals surface area (Å²) in [5.41, 5.74) is 2.39. The first kappa shape index (κ1) is 25.4. The number of amides is 1. The second-order valence-electron chi connectivity index (χ2n) is 7.77. The van der Waals surface area contributed by atoms with Crippen molar-refractivity contribution in [2.75, 3.05) is 39.3 Å². The van der Waals surface area contributed by atoms with Crippen LogP contribution in [0.1, 0.15) is 44.2 Å². The fourth-order valence-corrected chi connectivity index (χ4v) is 3.88. The topological polar surface area (TPSA) is 64.1 Å². The molecule has 6 nitrogen and oxygen atoms in total. The summed E-state index contributed by atoms with van der Waals surface area (Å²) in [4.78, 5) is 30.1. The maximum atomic E-state index is 12.9. The van der Waals surface area contributed by atoms with E-state index in [4.69, 9.17) is 5.11 Å². The van der Waals surface area contributed by atoms with Crippen LogP contribution in [0.5, 0.6) is 0 Å². The number of rotatable bonds is 10. The van der Waals surface area contributed by atoms with Gasteiger partial charge < -0.3 is 10.0 Å². The molecule has 0 atom stereocenters. The Hall–Kier alpha value is -1.63. The third kappa shape index (κ3) is 8.33. The number of aryl methyl sites for hydroxylation is 1. The minimum Gasteiger partial charge on any atom is -0.480 e. The number of hydrogen-bond acceptors (Lipinski definition) is 4. The SMILES string of the molecule is CCCN(Cc1ccc(C)cc1)C(=O)CN1CCC(N(CC)CC(=O)O)CC1.Cl. The molecule has 2 rings (SSSR count). The molecule has 1 aliphatic heterocycles. The molecule has 0 bridgehead atoms. The number of carbonyl (C=O) groups is 2. The molecule has 0 aromatic heterocycles. The summed E-state index contributed by atoms with van der Waals surface area (Å²) >= 11 is 0. The van der Waals surface area contributed by atoms with E-state index < -0.39 is 5.97 Å². The van der Waals surface area contributed by atoms with Gasteiger partial charge in [-0.3, -0.25) is 19.4 Å².